The van der Waals surface area contributed by atoms with Gasteiger partial charge in [-0.3, -0.25) is 4.18 Å². The molecular formula is C8H17IO6S. The first-order valence-corrected chi connectivity index (χ1v) is 6.37. The molecule has 0 rings (SSSR count). The van der Waals surface area contributed by atoms with E-state index >= 15 is 0 Å². The van der Waals surface area contributed by atoms with E-state index in [9.17, 15) is 0 Å². The molecule has 0 aromatic heterocycles. The van der Waals surface area contributed by atoms with Crippen molar-refractivity contribution in [3.05, 3.63) is 0 Å². The van der Waals surface area contributed by atoms with Gasteiger partial charge in [-0.05, 0) is 0 Å². The third-order valence-corrected chi connectivity index (χ3v) is 2.12. The van der Waals surface area contributed by atoms with Gasteiger partial charge in [0.05, 0.1) is 52.9 Å². The standard InChI is InChI=1S/C8H17IO6S/c9-15-16-14-8-7-13-6-5-12-4-3-11-2-1-10/h10H,1-8H2. The molecule has 0 aliphatic rings. The summed E-state index contributed by atoms with van der Waals surface area (Å²) >= 11 is 2.66. The van der Waals surface area contributed by atoms with E-state index in [0.29, 0.717) is 46.2 Å². The maximum absolute atomic E-state index is 8.42. The lowest BCUT2D eigenvalue weighted by atomic mass is 10.7. The van der Waals surface area contributed by atoms with E-state index in [1.807, 2.05) is 0 Å². The van der Waals surface area contributed by atoms with Crippen LogP contribution in [0.25, 0.3) is 0 Å². The molecule has 6 nitrogen and oxygen atoms in total. The van der Waals surface area contributed by atoms with Gasteiger partial charge in [-0.2, -0.15) is 0 Å². The molecule has 0 fully saturated rings. The van der Waals surface area contributed by atoms with Crippen LogP contribution in [0, 0.1) is 0 Å². The van der Waals surface area contributed by atoms with Crippen LogP contribution in [0.2, 0.25) is 0 Å². The molecule has 16 heavy (non-hydrogen) atoms. The quantitative estimate of drug-likeness (QED) is 0.295. The molecular weight excluding hydrogens is 351 g/mol. The van der Waals surface area contributed by atoms with Crippen molar-refractivity contribution in [2.75, 3.05) is 52.9 Å². The van der Waals surface area contributed by atoms with Gasteiger partial charge in [-0.25, -0.2) is 2.51 Å². The van der Waals surface area contributed by atoms with Crippen molar-refractivity contribution < 1.29 is 26.0 Å². The van der Waals surface area contributed by atoms with Gasteiger partial charge in [0.15, 0.2) is 12.3 Å². The predicted molar refractivity (Wildman–Crippen MR) is 68.2 cm³/mol. The molecule has 0 spiro atoms. The highest BCUT2D eigenvalue weighted by Gasteiger charge is 1.92. The predicted octanol–water partition coefficient (Wildman–Crippen LogP) is 0.975. The topological polar surface area (TPSA) is 66.4 Å². The molecule has 0 aliphatic carbocycles. The van der Waals surface area contributed by atoms with Crippen LogP contribution in [0.4, 0.5) is 0 Å². The van der Waals surface area contributed by atoms with Crippen LogP contribution in [-0.4, -0.2) is 58.0 Å². The fraction of sp³-hybridized carbons (Fsp3) is 1.00. The van der Waals surface area contributed by atoms with Crippen LogP contribution < -0.4 is 0 Å². The molecule has 0 saturated carbocycles. The van der Waals surface area contributed by atoms with Gasteiger partial charge in [0, 0.05) is 0 Å². The van der Waals surface area contributed by atoms with Gasteiger partial charge in [0.2, 0.25) is 0 Å². The lowest BCUT2D eigenvalue weighted by Crippen LogP contribution is -2.12. The highest BCUT2D eigenvalue weighted by Crippen LogP contribution is 2.07. The summed E-state index contributed by atoms with van der Waals surface area (Å²) in [6.07, 6.45) is 0. The van der Waals surface area contributed by atoms with Gasteiger partial charge in [0.25, 0.3) is 0 Å². The summed E-state index contributed by atoms with van der Waals surface area (Å²) in [6.45, 7) is 3.45. The van der Waals surface area contributed by atoms with Crippen molar-refractivity contribution in [3.8, 4) is 0 Å². The van der Waals surface area contributed by atoms with Gasteiger partial charge in [0.1, 0.15) is 23.0 Å². The molecule has 0 atom stereocenters. The van der Waals surface area contributed by atoms with Gasteiger partial charge in [-0.1, -0.05) is 0 Å². The largest absolute Gasteiger partial charge is 0.394 e. The Balaban J connectivity index is 2.83. The Morgan fingerprint density at radius 1 is 0.812 bits per heavy atom. The van der Waals surface area contributed by atoms with E-state index in [4.69, 9.17) is 23.5 Å². The second-order valence-corrected chi connectivity index (χ2v) is 4.09. The summed E-state index contributed by atoms with van der Waals surface area (Å²) in [5.74, 6) is 0. The molecule has 0 unspecified atom stereocenters. The maximum Gasteiger partial charge on any atom is 0.169 e. The van der Waals surface area contributed by atoms with Crippen LogP contribution >= 0.6 is 35.3 Å². The van der Waals surface area contributed by atoms with E-state index < -0.39 is 0 Å². The minimum Gasteiger partial charge on any atom is -0.394 e. The zero-order valence-corrected chi connectivity index (χ0v) is 11.9. The highest BCUT2D eigenvalue weighted by molar-refractivity contribution is 14.1. The lowest BCUT2D eigenvalue weighted by Gasteiger charge is -2.05. The molecule has 0 radical (unpaired) electrons. The Bertz CT molecular complexity index is 117. The Labute approximate surface area is 114 Å². The van der Waals surface area contributed by atoms with E-state index in [1.165, 1.54) is 0 Å². The number of aliphatic hydroxyl groups excluding tert-OH is 1. The average molecular weight is 368 g/mol. The second kappa shape index (κ2) is 15.8. The fourth-order valence-corrected chi connectivity index (χ4v) is 1.24. The van der Waals surface area contributed by atoms with Crippen molar-refractivity contribution >= 4 is 35.3 Å². The number of rotatable bonds is 13. The smallest absolute Gasteiger partial charge is 0.169 e. The third-order valence-electron chi connectivity index (χ3n) is 1.36. The minimum atomic E-state index is 0.0437. The van der Waals surface area contributed by atoms with Gasteiger partial charge in [-0.15, -0.1) is 0 Å². The summed E-state index contributed by atoms with van der Waals surface area (Å²) < 4.78 is 24.9. The number of hydrogen-bond donors (Lipinski definition) is 1. The third kappa shape index (κ3) is 14.8. The molecule has 0 aromatic carbocycles. The molecule has 0 bridgehead atoms. The van der Waals surface area contributed by atoms with Crippen molar-refractivity contribution in [2.24, 2.45) is 0 Å². The number of aliphatic hydroxyl groups is 1. The molecule has 0 aliphatic heterocycles. The first kappa shape index (κ1) is 16.8. The highest BCUT2D eigenvalue weighted by atomic mass is 127. The van der Waals surface area contributed by atoms with Crippen molar-refractivity contribution in [2.45, 2.75) is 0 Å². The van der Waals surface area contributed by atoms with Crippen LogP contribution in [0.3, 0.4) is 0 Å². The van der Waals surface area contributed by atoms with Crippen molar-refractivity contribution in [1.82, 2.24) is 0 Å². The number of halogens is 1. The summed E-state index contributed by atoms with van der Waals surface area (Å²) in [7, 11) is 0. The van der Waals surface area contributed by atoms with E-state index in [0.717, 1.165) is 12.3 Å². The Morgan fingerprint density at radius 3 is 1.81 bits per heavy atom. The van der Waals surface area contributed by atoms with Crippen LogP contribution in [0.15, 0.2) is 0 Å². The van der Waals surface area contributed by atoms with E-state index in [-0.39, 0.29) is 6.61 Å². The molecule has 0 amide bonds. The van der Waals surface area contributed by atoms with Crippen LogP contribution in [-0.2, 0) is 20.9 Å². The van der Waals surface area contributed by atoms with Crippen molar-refractivity contribution in [1.29, 1.82) is 0 Å². The lowest BCUT2D eigenvalue weighted by molar-refractivity contribution is 0.00426. The first-order valence-electron chi connectivity index (χ1n) is 4.82. The molecule has 0 saturated heterocycles. The molecule has 0 aromatic rings. The number of hydrogen-bond acceptors (Lipinski definition) is 7. The number of ether oxygens (including phenoxy) is 3. The first-order chi connectivity index (χ1) is 7.91. The fourth-order valence-electron chi connectivity index (χ4n) is 0.752. The summed E-state index contributed by atoms with van der Waals surface area (Å²) in [5.41, 5.74) is 0. The Kier molecular flexibility index (Phi) is 16.7. The van der Waals surface area contributed by atoms with E-state index in [2.05, 4.69) is 2.51 Å². The summed E-state index contributed by atoms with van der Waals surface area (Å²) in [5, 5.41) is 8.42. The Hall–Kier alpha value is 0.840. The Morgan fingerprint density at radius 2 is 1.31 bits per heavy atom. The summed E-state index contributed by atoms with van der Waals surface area (Å²) in [6, 6.07) is 0. The SMILES string of the molecule is OCCOCCOCCOCCOSOI. The summed E-state index contributed by atoms with van der Waals surface area (Å²) in [4.78, 5) is 0. The van der Waals surface area contributed by atoms with Gasteiger partial charge >= 0.3 is 0 Å². The average Bonchev–Trinajstić information content (AvgIpc) is 2.31. The maximum atomic E-state index is 8.42. The van der Waals surface area contributed by atoms with Gasteiger partial charge < -0.3 is 19.3 Å². The molecule has 98 valence electrons. The molecule has 0 heterocycles. The van der Waals surface area contributed by atoms with Crippen molar-refractivity contribution in [3.63, 3.8) is 0 Å². The zero-order chi connectivity index (χ0) is 11.9. The monoisotopic (exact) mass is 368 g/mol. The molecule has 8 heteroatoms. The normalized spacial score (nSPS) is 10.9. The van der Waals surface area contributed by atoms with E-state index in [1.54, 1.807) is 23.0 Å². The minimum absolute atomic E-state index is 0.0437. The van der Waals surface area contributed by atoms with Crippen LogP contribution in [0.1, 0.15) is 0 Å². The zero-order valence-electron chi connectivity index (χ0n) is 8.93. The second-order valence-electron chi connectivity index (χ2n) is 2.51. The molecule has 1 N–H and O–H groups in total. The van der Waals surface area contributed by atoms with Crippen LogP contribution in [0.5, 0.6) is 0 Å².